The van der Waals surface area contributed by atoms with Crippen LogP contribution in [0.3, 0.4) is 0 Å². The van der Waals surface area contributed by atoms with Crippen molar-refractivity contribution in [3.63, 3.8) is 0 Å². The molecule has 112 valence electrons. The van der Waals surface area contributed by atoms with E-state index in [4.69, 9.17) is 0 Å². The van der Waals surface area contributed by atoms with Crippen molar-refractivity contribution < 1.29 is 51.0 Å². The molecule has 0 saturated carbocycles. The van der Waals surface area contributed by atoms with Crippen LogP contribution < -0.4 is 34.9 Å². The summed E-state index contributed by atoms with van der Waals surface area (Å²) >= 11 is 0.299. The van der Waals surface area contributed by atoms with Crippen LogP contribution in [0, 0.1) is 0 Å². The molecule has 0 aliphatic heterocycles. The van der Waals surface area contributed by atoms with Crippen LogP contribution in [0.5, 0.6) is 0 Å². The molecule has 1 N–H and O–H groups in total. The van der Waals surface area contributed by atoms with E-state index in [1.54, 1.807) is 0 Å². The Morgan fingerprint density at radius 3 is 2.45 bits per heavy atom. The molecule has 0 saturated heterocycles. The molecule has 1 amide bonds. The van der Waals surface area contributed by atoms with Gasteiger partial charge in [-0.1, -0.05) is 39.0 Å². The Hall–Kier alpha value is 0.430. The van der Waals surface area contributed by atoms with E-state index in [1.807, 2.05) is 0 Å². The summed E-state index contributed by atoms with van der Waals surface area (Å²) < 4.78 is 34.0. The molecule has 0 unspecified atom stereocenters. The maximum atomic E-state index is 11.2. The number of nitrogens with one attached hydrogen (secondary N) is 1. The standard InChI is InChI=1S/C11H21NO5S2.Na/c1-2-3-4-5-6-7-9-12-11(13)8-10-18-17-19(14,15)16;/h8,10H,2-7,9H2,1H3,(H,12,13)(H,14,15,16);/q;+1/p-1. The maximum absolute atomic E-state index is 11.2. The van der Waals surface area contributed by atoms with E-state index in [0.29, 0.717) is 18.6 Å². The minimum absolute atomic E-state index is 0. The van der Waals surface area contributed by atoms with Crippen molar-refractivity contribution in [2.45, 2.75) is 45.4 Å². The van der Waals surface area contributed by atoms with Gasteiger partial charge in [-0.15, -0.1) is 0 Å². The molecule has 6 nitrogen and oxygen atoms in total. The van der Waals surface area contributed by atoms with Crippen LogP contribution in [0.1, 0.15) is 45.4 Å². The van der Waals surface area contributed by atoms with Crippen LogP contribution in [0.25, 0.3) is 0 Å². The molecule has 0 radical (unpaired) electrons. The van der Waals surface area contributed by atoms with Crippen LogP contribution in [0.2, 0.25) is 0 Å². The van der Waals surface area contributed by atoms with Crippen molar-refractivity contribution in [3.8, 4) is 0 Å². The Morgan fingerprint density at radius 1 is 1.25 bits per heavy atom. The fourth-order valence-corrected chi connectivity index (χ4v) is 2.08. The van der Waals surface area contributed by atoms with E-state index < -0.39 is 10.4 Å². The summed E-state index contributed by atoms with van der Waals surface area (Å²) in [6.45, 7) is 2.74. The molecule has 0 rings (SSSR count). The third-order valence-electron chi connectivity index (χ3n) is 2.23. The Balaban J connectivity index is 0. The molecule has 0 aliphatic rings. The van der Waals surface area contributed by atoms with Crippen LogP contribution >= 0.6 is 12.0 Å². The molecule has 9 heteroatoms. The monoisotopic (exact) mass is 333 g/mol. The van der Waals surface area contributed by atoms with Gasteiger partial charge in [-0.25, -0.2) is 12.0 Å². The van der Waals surface area contributed by atoms with Gasteiger partial charge < -0.3 is 9.87 Å². The van der Waals surface area contributed by atoms with E-state index in [9.17, 15) is 17.8 Å². The van der Waals surface area contributed by atoms with Gasteiger partial charge in [0.05, 0.1) is 0 Å². The van der Waals surface area contributed by atoms with Gasteiger partial charge in [-0.05, 0) is 6.42 Å². The van der Waals surface area contributed by atoms with Crippen LogP contribution in [-0.4, -0.2) is 25.4 Å². The zero-order chi connectivity index (χ0) is 14.6. The Labute approximate surface area is 147 Å². The van der Waals surface area contributed by atoms with Gasteiger partial charge in [0.15, 0.2) is 0 Å². The molecular formula is C11H20NNaO5S2. The Kier molecular flexibility index (Phi) is 16.3. The van der Waals surface area contributed by atoms with Crippen LogP contribution in [0.15, 0.2) is 11.5 Å². The van der Waals surface area contributed by atoms with Gasteiger partial charge in [0.2, 0.25) is 16.3 Å². The number of hydrogen-bond donors (Lipinski definition) is 1. The summed E-state index contributed by atoms with van der Waals surface area (Å²) in [6, 6.07) is 0. The molecule has 0 aromatic rings. The predicted molar refractivity (Wildman–Crippen MR) is 73.9 cm³/mol. The molecule has 0 spiro atoms. The molecule has 20 heavy (non-hydrogen) atoms. The molecular weight excluding hydrogens is 313 g/mol. The predicted octanol–water partition coefficient (Wildman–Crippen LogP) is -0.894. The van der Waals surface area contributed by atoms with Crippen molar-refractivity contribution in [1.29, 1.82) is 0 Å². The topological polar surface area (TPSA) is 95.5 Å². The van der Waals surface area contributed by atoms with E-state index in [-0.39, 0.29) is 35.5 Å². The summed E-state index contributed by atoms with van der Waals surface area (Å²) in [5.41, 5.74) is 0. The van der Waals surface area contributed by atoms with Gasteiger partial charge in [-0.2, -0.15) is 0 Å². The van der Waals surface area contributed by atoms with Gasteiger partial charge >= 0.3 is 29.6 Å². The second kappa shape index (κ2) is 14.4. The van der Waals surface area contributed by atoms with E-state index in [2.05, 4.69) is 15.9 Å². The molecule has 0 fully saturated rings. The molecule has 0 bridgehead atoms. The van der Waals surface area contributed by atoms with Gasteiger partial charge in [0.25, 0.3) is 0 Å². The second-order valence-corrected chi connectivity index (χ2v) is 5.76. The Bertz CT molecular complexity index is 373. The first-order valence-electron chi connectivity index (χ1n) is 6.21. The van der Waals surface area contributed by atoms with Crippen molar-refractivity contribution in [3.05, 3.63) is 11.5 Å². The van der Waals surface area contributed by atoms with Gasteiger partial charge in [-0.3, -0.25) is 4.79 Å². The summed E-state index contributed by atoms with van der Waals surface area (Å²) in [6.07, 6.45) is 7.97. The average Bonchev–Trinajstić information content (AvgIpc) is 2.32. The van der Waals surface area contributed by atoms with Gasteiger partial charge in [0, 0.05) is 30.1 Å². The summed E-state index contributed by atoms with van der Waals surface area (Å²) in [7, 11) is -4.72. The normalized spacial score (nSPS) is 11.3. The molecule has 0 atom stereocenters. The van der Waals surface area contributed by atoms with Crippen LogP contribution in [-0.2, 0) is 18.8 Å². The number of hydrogen-bond acceptors (Lipinski definition) is 6. The van der Waals surface area contributed by atoms with Crippen molar-refractivity contribution in [1.82, 2.24) is 5.32 Å². The number of carbonyl (C=O) groups is 1. The third-order valence-corrected chi connectivity index (χ3v) is 3.46. The van der Waals surface area contributed by atoms with Crippen molar-refractivity contribution in [2.75, 3.05) is 6.54 Å². The first-order valence-corrected chi connectivity index (χ1v) is 8.34. The second-order valence-electron chi connectivity index (χ2n) is 3.93. The minimum atomic E-state index is -4.72. The van der Waals surface area contributed by atoms with E-state index in [1.165, 1.54) is 25.7 Å². The quantitative estimate of drug-likeness (QED) is 0.132. The summed E-state index contributed by atoms with van der Waals surface area (Å²) in [4.78, 5) is 11.2. The van der Waals surface area contributed by atoms with Crippen molar-refractivity contribution >= 4 is 28.3 Å². The zero-order valence-corrected chi connectivity index (χ0v) is 15.6. The zero-order valence-electron chi connectivity index (χ0n) is 12.0. The molecule has 0 aliphatic carbocycles. The molecule has 0 heterocycles. The average molecular weight is 333 g/mol. The first-order chi connectivity index (χ1) is 8.95. The summed E-state index contributed by atoms with van der Waals surface area (Å²) in [5, 5.41) is 3.75. The maximum Gasteiger partial charge on any atom is 1.00 e. The van der Waals surface area contributed by atoms with Gasteiger partial charge in [0.1, 0.15) is 0 Å². The number of amides is 1. The largest absolute Gasteiger partial charge is 1.00 e. The summed E-state index contributed by atoms with van der Waals surface area (Å²) in [5.74, 6) is -0.340. The number of rotatable bonds is 11. The number of unbranched alkanes of at least 4 members (excludes halogenated alkanes) is 5. The van der Waals surface area contributed by atoms with Crippen molar-refractivity contribution in [2.24, 2.45) is 0 Å². The fourth-order valence-electron chi connectivity index (χ4n) is 1.34. The fraction of sp³-hybridized carbons (Fsp3) is 0.727. The smallest absolute Gasteiger partial charge is 0.725 e. The first kappa shape index (κ1) is 22.7. The third kappa shape index (κ3) is 18.4. The SMILES string of the molecule is CCCCCCCCNC(=O)C=CSOS(=O)(=O)[O-].[Na+]. The molecule has 0 aromatic heterocycles. The minimum Gasteiger partial charge on any atom is -0.725 e. The number of carbonyl (C=O) groups excluding carboxylic acids is 1. The van der Waals surface area contributed by atoms with Crippen LogP contribution in [0.4, 0.5) is 0 Å². The Morgan fingerprint density at radius 2 is 1.85 bits per heavy atom. The van der Waals surface area contributed by atoms with E-state index >= 15 is 0 Å². The molecule has 0 aromatic carbocycles. The van der Waals surface area contributed by atoms with E-state index in [0.717, 1.165) is 24.3 Å².